The number of hydrogen-bond donors (Lipinski definition) is 2. The molecule has 0 atom stereocenters. The molecule has 0 radical (unpaired) electrons. The molecule has 84 valence electrons. The SMILES string of the molecule is NCCN(CCN)c1ncc(Br)cc1F. The Labute approximate surface area is 96.6 Å². The third-order valence-electron chi connectivity index (χ3n) is 1.89. The molecular weight excluding hydrogens is 263 g/mol. The smallest absolute Gasteiger partial charge is 0.166 e. The first kappa shape index (κ1) is 12.4. The molecule has 1 heterocycles. The van der Waals surface area contributed by atoms with Crippen LogP contribution in [0.25, 0.3) is 0 Å². The second-order valence-corrected chi connectivity index (χ2v) is 3.94. The van der Waals surface area contributed by atoms with E-state index in [1.54, 1.807) is 11.1 Å². The van der Waals surface area contributed by atoms with Gasteiger partial charge in [0.2, 0.25) is 0 Å². The summed E-state index contributed by atoms with van der Waals surface area (Å²) < 4.78 is 14.1. The number of nitrogens with zero attached hydrogens (tertiary/aromatic N) is 2. The van der Waals surface area contributed by atoms with E-state index in [4.69, 9.17) is 11.5 Å². The van der Waals surface area contributed by atoms with Crippen LogP contribution in [0.4, 0.5) is 10.2 Å². The molecule has 1 aromatic rings. The van der Waals surface area contributed by atoms with Gasteiger partial charge in [0.05, 0.1) is 0 Å². The zero-order chi connectivity index (χ0) is 11.3. The minimum absolute atomic E-state index is 0.300. The van der Waals surface area contributed by atoms with Gasteiger partial charge in [-0.1, -0.05) is 0 Å². The Morgan fingerprint density at radius 1 is 1.33 bits per heavy atom. The van der Waals surface area contributed by atoms with Gasteiger partial charge < -0.3 is 16.4 Å². The highest BCUT2D eigenvalue weighted by molar-refractivity contribution is 9.10. The van der Waals surface area contributed by atoms with Crippen molar-refractivity contribution in [2.24, 2.45) is 11.5 Å². The number of nitrogens with two attached hydrogens (primary N) is 2. The lowest BCUT2D eigenvalue weighted by Crippen LogP contribution is -2.35. The quantitative estimate of drug-likeness (QED) is 0.831. The monoisotopic (exact) mass is 276 g/mol. The van der Waals surface area contributed by atoms with Gasteiger partial charge in [0.1, 0.15) is 0 Å². The van der Waals surface area contributed by atoms with E-state index in [-0.39, 0.29) is 5.82 Å². The van der Waals surface area contributed by atoms with Crippen molar-refractivity contribution in [1.82, 2.24) is 4.98 Å². The highest BCUT2D eigenvalue weighted by Gasteiger charge is 2.11. The van der Waals surface area contributed by atoms with Gasteiger partial charge in [0, 0.05) is 36.8 Å². The molecule has 15 heavy (non-hydrogen) atoms. The summed E-state index contributed by atoms with van der Waals surface area (Å²) in [6.07, 6.45) is 1.55. The second-order valence-electron chi connectivity index (χ2n) is 3.02. The fourth-order valence-electron chi connectivity index (χ4n) is 1.28. The Bertz CT molecular complexity index is 315. The van der Waals surface area contributed by atoms with E-state index >= 15 is 0 Å². The fraction of sp³-hybridized carbons (Fsp3) is 0.444. The molecule has 0 saturated heterocycles. The lowest BCUT2D eigenvalue weighted by molar-refractivity contribution is 0.607. The van der Waals surface area contributed by atoms with Crippen molar-refractivity contribution in [2.75, 3.05) is 31.1 Å². The van der Waals surface area contributed by atoms with E-state index in [1.165, 1.54) is 6.07 Å². The molecule has 1 aromatic heterocycles. The molecule has 4 N–H and O–H groups in total. The van der Waals surface area contributed by atoms with Gasteiger partial charge in [-0.2, -0.15) is 0 Å². The summed E-state index contributed by atoms with van der Waals surface area (Å²) in [5.74, 6) is -0.0691. The molecule has 0 spiro atoms. The predicted molar refractivity (Wildman–Crippen MR) is 62.2 cm³/mol. The predicted octanol–water partition coefficient (Wildman–Crippen LogP) is 0.707. The molecule has 0 aliphatic rings. The average Bonchev–Trinajstić information content (AvgIpc) is 2.17. The van der Waals surface area contributed by atoms with Crippen LogP contribution in [0.1, 0.15) is 0 Å². The van der Waals surface area contributed by atoms with Crippen LogP contribution in [-0.2, 0) is 0 Å². The second kappa shape index (κ2) is 5.99. The maximum atomic E-state index is 13.5. The van der Waals surface area contributed by atoms with E-state index in [1.807, 2.05) is 0 Å². The minimum atomic E-state index is -0.369. The summed E-state index contributed by atoms with van der Waals surface area (Å²) in [6, 6.07) is 1.38. The zero-order valence-corrected chi connectivity index (χ0v) is 9.87. The van der Waals surface area contributed by atoms with Gasteiger partial charge in [0.15, 0.2) is 11.6 Å². The van der Waals surface area contributed by atoms with Gasteiger partial charge in [0.25, 0.3) is 0 Å². The highest BCUT2D eigenvalue weighted by Crippen LogP contribution is 2.19. The Hall–Kier alpha value is -0.720. The molecule has 1 rings (SSSR count). The Balaban J connectivity index is 2.89. The normalized spacial score (nSPS) is 10.4. The Morgan fingerprint density at radius 3 is 2.40 bits per heavy atom. The first-order chi connectivity index (χ1) is 7.19. The first-order valence-corrected chi connectivity index (χ1v) is 5.44. The molecular formula is C9H14BrFN4. The van der Waals surface area contributed by atoms with Crippen LogP contribution >= 0.6 is 15.9 Å². The standard InChI is InChI=1S/C9H14BrFN4/c10-7-5-8(11)9(14-6-7)15(3-1-12)4-2-13/h5-6H,1-4,12-13H2. The van der Waals surface area contributed by atoms with E-state index < -0.39 is 0 Å². The topological polar surface area (TPSA) is 68.2 Å². The number of aromatic nitrogens is 1. The maximum Gasteiger partial charge on any atom is 0.166 e. The number of halogens is 2. The Morgan fingerprint density at radius 2 is 1.93 bits per heavy atom. The van der Waals surface area contributed by atoms with Gasteiger partial charge >= 0.3 is 0 Å². The molecule has 0 amide bonds. The van der Waals surface area contributed by atoms with Crippen molar-refractivity contribution in [3.05, 3.63) is 22.6 Å². The molecule has 0 aromatic carbocycles. The number of pyridine rings is 1. The van der Waals surface area contributed by atoms with E-state index in [0.717, 1.165) is 0 Å². The summed E-state index contributed by atoms with van der Waals surface area (Å²) in [7, 11) is 0. The van der Waals surface area contributed by atoms with Crippen LogP contribution in [0.5, 0.6) is 0 Å². The van der Waals surface area contributed by atoms with Crippen molar-refractivity contribution in [3.8, 4) is 0 Å². The van der Waals surface area contributed by atoms with Gasteiger partial charge in [-0.15, -0.1) is 0 Å². The number of rotatable bonds is 5. The van der Waals surface area contributed by atoms with Crippen molar-refractivity contribution in [1.29, 1.82) is 0 Å². The lowest BCUT2D eigenvalue weighted by atomic mass is 10.3. The first-order valence-electron chi connectivity index (χ1n) is 4.65. The molecule has 0 unspecified atom stereocenters. The van der Waals surface area contributed by atoms with E-state index in [9.17, 15) is 4.39 Å². The largest absolute Gasteiger partial charge is 0.352 e. The van der Waals surface area contributed by atoms with Crippen molar-refractivity contribution < 1.29 is 4.39 Å². The van der Waals surface area contributed by atoms with Crippen LogP contribution in [-0.4, -0.2) is 31.2 Å². The fourth-order valence-corrected chi connectivity index (χ4v) is 1.58. The molecule has 0 saturated carbocycles. The summed E-state index contributed by atoms with van der Waals surface area (Å²) in [5.41, 5.74) is 10.9. The van der Waals surface area contributed by atoms with Crippen LogP contribution in [0.15, 0.2) is 16.7 Å². The van der Waals surface area contributed by atoms with Crippen LogP contribution in [0.2, 0.25) is 0 Å². The van der Waals surface area contributed by atoms with E-state index in [2.05, 4.69) is 20.9 Å². The van der Waals surface area contributed by atoms with Crippen LogP contribution < -0.4 is 16.4 Å². The van der Waals surface area contributed by atoms with Crippen molar-refractivity contribution >= 4 is 21.7 Å². The molecule has 0 fully saturated rings. The van der Waals surface area contributed by atoms with E-state index in [0.29, 0.717) is 36.5 Å². The molecule has 0 aliphatic carbocycles. The molecule has 6 heteroatoms. The molecule has 4 nitrogen and oxygen atoms in total. The van der Waals surface area contributed by atoms with Crippen LogP contribution in [0.3, 0.4) is 0 Å². The summed E-state index contributed by atoms with van der Waals surface area (Å²) in [5, 5.41) is 0. The highest BCUT2D eigenvalue weighted by atomic mass is 79.9. The lowest BCUT2D eigenvalue weighted by Gasteiger charge is -2.22. The van der Waals surface area contributed by atoms with Gasteiger partial charge in [-0.05, 0) is 22.0 Å². The Kier molecular flexibility index (Phi) is 4.93. The summed E-state index contributed by atoms with van der Waals surface area (Å²) in [6.45, 7) is 1.97. The third kappa shape index (κ3) is 3.40. The zero-order valence-electron chi connectivity index (χ0n) is 8.29. The van der Waals surface area contributed by atoms with Crippen molar-refractivity contribution in [2.45, 2.75) is 0 Å². The average molecular weight is 277 g/mol. The number of anilines is 1. The maximum absolute atomic E-state index is 13.5. The van der Waals surface area contributed by atoms with Gasteiger partial charge in [-0.25, -0.2) is 9.37 Å². The van der Waals surface area contributed by atoms with Crippen molar-refractivity contribution in [3.63, 3.8) is 0 Å². The third-order valence-corrected chi connectivity index (χ3v) is 2.32. The van der Waals surface area contributed by atoms with Gasteiger partial charge in [-0.3, -0.25) is 0 Å². The summed E-state index contributed by atoms with van der Waals surface area (Å²) in [4.78, 5) is 5.75. The minimum Gasteiger partial charge on any atom is -0.352 e. The van der Waals surface area contributed by atoms with Crippen LogP contribution in [0, 0.1) is 5.82 Å². The molecule has 0 aliphatic heterocycles. The summed E-state index contributed by atoms with van der Waals surface area (Å²) >= 11 is 3.15. The number of hydrogen-bond acceptors (Lipinski definition) is 4. The molecule has 0 bridgehead atoms.